The Morgan fingerprint density at radius 3 is 2.83 bits per heavy atom. The molecule has 0 aromatic carbocycles. The van der Waals surface area contributed by atoms with Crippen LogP contribution < -0.4 is 5.73 Å². The van der Waals surface area contributed by atoms with E-state index in [0.29, 0.717) is 18.0 Å². The molecule has 2 atom stereocenters. The van der Waals surface area contributed by atoms with Crippen LogP contribution in [0.4, 0.5) is 0 Å². The van der Waals surface area contributed by atoms with Crippen molar-refractivity contribution in [1.29, 1.82) is 0 Å². The Balaban J connectivity index is 2.13. The van der Waals surface area contributed by atoms with Crippen LogP contribution in [0.3, 0.4) is 0 Å². The number of rotatable bonds is 4. The fourth-order valence-corrected chi connectivity index (χ4v) is 5.37. The Hall–Kier alpha value is -0.140. The number of likely N-dealkylation sites (N-methyl/N-ethyl adjacent to an activating group) is 1. The minimum Gasteiger partial charge on any atom is -0.329 e. The minimum absolute atomic E-state index is 0.0424. The molecule has 102 valence electrons. The van der Waals surface area contributed by atoms with E-state index in [1.54, 1.807) is 11.3 Å². The highest BCUT2D eigenvalue weighted by Gasteiger charge is 2.33. The van der Waals surface area contributed by atoms with Crippen molar-refractivity contribution in [2.24, 2.45) is 5.73 Å². The van der Waals surface area contributed by atoms with Gasteiger partial charge in [-0.05, 0) is 19.5 Å². The Kier molecular flexibility index (Phi) is 4.33. The second-order valence-electron chi connectivity index (χ2n) is 4.64. The Morgan fingerprint density at radius 2 is 2.39 bits per heavy atom. The number of hydrogen-bond acceptors (Lipinski definition) is 5. The minimum atomic E-state index is -2.86. The second kappa shape index (κ2) is 5.46. The summed E-state index contributed by atoms with van der Waals surface area (Å²) in [5.41, 5.74) is 5.82. The molecule has 0 saturated carbocycles. The summed E-state index contributed by atoms with van der Waals surface area (Å²) in [6.45, 7) is 0.462. The van der Waals surface area contributed by atoms with Crippen molar-refractivity contribution in [2.75, 3.05) is 25.1 Å². The average Bonchev–Trinajstić information content (AvgIpc) is 2.86. The molecule has 1 aromatic heterocycles. The smallest absolute Gasteiger partial charge is 0.151 e. The zero-order chi connectivity index (χ0) is 13.3. The predicted octanol–water partition coefficient (Wildman–Crippen LogP) is 1.52. The van der Waals surface area contributed by atoms with Crippen LogP contribution in [0, 0.1) is 0 Å². The van der Waals surface area contributed by atoms with Gasteiger partial charge in [0, 0.05) is 22.8 Å². The third kappa shape index (κ3) is 3.05. The first kappa shape index (κ1) is 14.3. The van der Waals surface area contributed by atoms with E-state index in [-0.39, 0.29) is 23.6 Å². The SMILES string of the molecule is CN(C1CCS(=O)(=O)C1)C(CN)c1cc(Cl)cs1. The number of halogens is 1. The Morgan fingerprint density at radius 1 is 1.67 bits per heavy atom. The maximum atomic E-state index is 11.5. The van der Waals surface area contributed by atoms with Crippen LogP contribution in [0.2, 0.25) is 5.02 Å². The maximum absolute atomic E-state index is 11.5. The zero-order valence-electron chi connectivity index (χ0n) is 10.2. The van der Waals surface area contributed by atoms with Crippen molar-refractivity contribution >= 4 is 32.8 Å². The first-order valence-electron chi connectivity index (χ1n) is 5.79. The lowest BCUT2D eigenvalue weighted by atomic mass is 10.1. The molecule has 7 heteroatoms. The van der Waals surface area contributed by atoms with E-state index < -0.39 is 9.84 Å². The molecule has 1 fully saturated rings. The number of nitrogens with two attached hydrogens (primary N) is 1. The molecule has 0 bridgehead atoms. The van der Waals surface area contributed by atoms with Gasteiger partial charge >= 0.3 is 0 Å². The summed E-state index contributed by atoms with van der Waals surface area (Å²) in [5.74, 6) is 0.517. The van der Waals surface area contributed by atoms with Crippen LogP contribution in [-0.4, -0.2) is 44.5 Å². The molecule has 0 aliphatic carbocycles. The van der Waals surface area contributed by atoms with Crippen LogP contribution in [0.15, 0.2) is 11.4 Å². The summed E-state index contributed by atoms with van der Waals surface area (Å²) < 4.78 is 23.0. The molecule has 0 spiro atoms. The summed E-state index contributed by atoms with van der Waals surface area (Å²) in [4.78, 5) is 3.17. The topological polar surface area (TPSA) is 63.4 Å². The number of thiophene rings is 1. The lowest BCUT2D eigenvalue weighted by Gasteiger charge is -2.30. The van der Waals surface area contributed by atoms with Crippen molar-refractivity contribution in [2.45, 2.75) is 18.5 Å². The van der Waals surface area contributed by atoms with Crippen molar-refractivity contribution in [1.82, 2.24) is 4.90 Å². The van der Waals surface area contributed by atoms with Gasteiger partial charge in [0.2, 0.25) is 0 Å². The van der Waals surface area contributed by atoms with Crippen LogP contribution in [0.1, 0.15) is 17.3 Å². The quantitative estimate of drug-likeness (QED) is 0.916. The molecule has 0 radical (unpaired) electrons. The molecular formula is C11H17ClN2O2S2. The van der Waals surface area contributed by atoms with E-state index in [1.807, 2.05) is 18.5 Å². The van der Waals surface area contributed by atoms with Gasteiger partial charge in [0.1, 0.15) is 0 Å². The molecule has 1 aromatic rings. The average molecular weight is 309 g/mol. The molecular weight excluding hydrogens is 292 g/mol. The molecule has 18 heavy (non-hydrogen) atoms. The summed E-state index contributed by atoms with van der Waals surface area (Å²) in [6.07, 6.45) is 0.689. The number of hydrogen-bond donors (Lipinski definition) is 1. The Labute approximate surface area is 117 Å². The third-order valence-electron chi connectivity index (χ3n) is 3.42. The normalized spacial score (nSPS) is 24.6. The highest BCUT2D eigenvalue weighted by Crippen LogP contribution is 2.31. The van der Waals surface area contributed by atoms with Gasteiger partial charge in [-0.1, -0.05) is 11.6 Å². The van der Waals surface area contributed by atoms with Crippen molar-refractivity contribution in [3.63, 3.8) is 0 Å². The van der Waals surface area contributed by atoms with Gasteiger partial charge in [0.05, 0.1) is 22.6 Å². The van der Waals surface area contributed by atoms with Crippen molar-refractivity contribution in [3.8, 4) is 0 Å². The maximum Gasteiger partial charge on any atom is 0.151 e. The highest BCUT2D eigenvalue weighted by atomic mass is 35.5. The van der Waals surface area contributed by atoms with E-state index in [0.717, 1.165) is 4.88 Å². The van der Waals surface area contributed by atoms with E-state index in [1.165, 1.54) is 0 Å². The van der Waals surface area contributed by atoms with E-state index in [2.05, 4.69) is 4.90 Å². The molecule has 1 aliphatic rings. The predicted molar refractivity (Wildman–Crippen MR) is 75.9 cm³/mol. The largest absolute Gasteiger partial charge is 0.329 e. The highest BCUT2D eigenvalue weighted by molar-refractivity contribution is 7.91. The molecule has 4 nitrogen and oxygen atoms in total. The summed E-state index contributed by atoms with van der Waals surface area (Å²) in [5, 5.41) is 2.58. The molecule has 1 saturated heterocycles. The van der Waals surface area contributed by atoms with Crippen LogP contribution in [-0.2, 0) is 9.84 Å². The van der Waals surface area contributed by atoms with Gasteiger partial charge in [0.15, 0.2) is 9.84 Å². The van der Waals surface area contributed by atoms with E-state index in [9.17, 15) is 8.42 Å². The van der Waals surface area contributed by atoms with Gasteiger partial charge in [-0.15, -0.1) is 11.3 Å². The van der Waals surface area contributed by atoms with Crippen molar-refractivity contribution < 1.29 is 8.42 Å². The molecule has 2 N–H and O–H groups in total. The zero-order valence-corrected chi connectivity index (χ0v) is 12.6. The third-order valence-corrected chi connectivity index (χ3v) is 6.55. The first-order valence-corrected chi connectivity index (χ1v) is 8.87. The molecule has 2 heterocycles. The van der Waals surface area contributed by atoms with Gasteiger partial charge in [0.25, 0.3) is 0 Å². The second-order valence-corrected chi connectivity index (χ2v) is 8.25. The summed E-state index contributed by atoms with van der Waals surface area (Å²) in [6, 6.07) is 2.01. The van der Waals surface area contributed by atoms with E-state index in [4.69, 9.17) is 17.3 Å². The van der Waals surface area contributed by atoms with Crippen LogP contribution in [0.5, 0.6) is 0 Å². The lowest BCUT2D eigenvalue weighted by Crippen LogP contribution is -2.39. The lowest BCUT2D eigenvalue weighted by molar-refractivity contribution is 0.195. The monoisotopic (exact) mass is 308 g/mol. The van der Waals surface area contributed by atoms with Gasteiger partial charge in [-0.3, -0.25) is 4.90 Å². The van der Waals surface area contributed by atoms with E-state index >= 15 is 0 Å². The number of sulfone groups is 1. The fraction of sp³-hybridized carbons (Fsp3) is 0.636. The molecule has 0 amide bonds. The molecule has 1 aliphatic heterocycles. The molecule has 2 unspecified atom stereocenters. The van der Waals surface area contributed by atoms with Crippen LogP contribution >= 0.6 is 22.9 Å². The summed E-state index contributed by atoms with van der Waals surface area (Å²) in [7, 11) is -0.923. The number of nitrogens with zero attached hydrogens (tertiary/aromatic N) is 1. The fourth-order valence-electron chi connectivity index (χ4n) is 2.34. The molecule has 2 rings (SSSR count). The first-order chi connectivity index (χ1) is 8.43. The van der Waals surface area contributed by atoms with Gasteiger partial charge in [-0.25, -0.2) is 8.42 Å². The Bertz CT molecular complexity index is 515. The van der Waals surface area contributed by atoms with Crippen molar-refractivity contribution in [3.05, 3.63) is 21.3 Å². The summed E-state index contributed by atoms with van der Waals surface area (Å²) >= 11 is 7.49. The standard InChI is InChI=1S/C11H17ClN2O2S2/c1-14(9-2-3-18(15,16)7-9)10(5-13)11-4-8(12)6-17-11/h4,6,9-10H,2-3,5,7,13H2,1H3. The van der Waals surface area contributed by atoms with Crippen LogP contribution in [0.25, 0.3) is 0 Å². The van der Waals surface area contributed by atoms with Gasteiger partial charge in [-0.2, -0.15) is 0 Å². The van der Waals surface area contributed by atoms with Gasteiger partial charge < -0.3 is 5.73 Å².